The largest absolute Gasteiger partial charge is 0.492 e. The normalized spacial score (nSPS) is 10.3. The highest BCUT2D eigenvalue weighted by atomic mass is 35.5. The Morgan fingerprint density at radius 3 is 2.59 bits per heavy atom. The smallest absolute Gasteiger partial charge is 0.274 e. The maximum Gasteiger partial charge on any atom is 0.274 e. The third-order valence-corrected chi connectivity index (χ3v) is 3.29. The highest BCUT2D eigenvalue weighted by molar-refractivity contribution is 6.30. The van der Waals surface area contributed by atoms with Crippen LogP contribution in [0.1, 0.15) is 10.5 Å². The van der Waals surface area contributed by atoms with Gasteiger partial charge in [-0.3, -0.25) is 9.59 Å². The fourth-order valence-corrected chi connectivity index (χ4v) is 1.87. The zero-order chi connectivity index (χ0) is 16.1. The Hall–Kier alpha value is -2.34. The van der Waals surface area contributed by atoms with Gasteiger partial charge in [-0.2, -0.15) is 5.10 Å². The second-order valence-corrected chi connectivity index (χ2v) is 5.15. The van der Waals surface area contributed by atoms with Gasteiger partial charge in [-0.1, -0.05) is 11.6 Å². The minimum absolute atomic E-state index is 0.219. The van der Waals surface area contributed by atoms with E-state index in [2.05, 4.69) is 5.10 Å². The molecule has 0 aliphatic rings. The van der Waals surface area contributed by atoms with Gasteiger partial charge in [0.15, 0.2) is 0 Å². The summed E-state index contributed by atoms with van der Waals surface area (Å²) in [4.78, 5) is 24.9. The minimum atomic E-state index is -0.268. The molecular weight excluding hydrogens is 306 g/mol. The summed E-state index contributed by atoms with van der Waals surface area (Å²) in [5, 5.41) is 4.57. The summed E-state index contributed by atoms with van der Waals surface area (Å²) in [5.74, 6) is 0.417. The summed E-state index contributed by atoms with van der Waals surface area (Å²) in [5.41, 5.74) is -0.0404. The molecule has 1 amide bonds. The molecule has 0 unspecified atom stereocenters. The maximum absolute atomic E-state index is 12.2. The Kier molecular flexibility index (Phi) is 5.16. The number of nitrogens with zero attached hydrogens (tertiary/aromatic N) is 3. The minimum Gasteiger partial charge on any atom is -0.492 e. The van der Waals surface area contributed by atoms with Gasteiger partial charge in [0, 0.05) is 25.2 Å². The molecule has 0 bridgehead atoms. The molecule has 0 aliphatic carbocycles. The summed E-state index contributed by atoms with van der Waals surface area (Å²) in [6.07, 6.45) is 0. The van der Waals surface area contributed by atoms with E-state index < -0.39 is 0 Å². The van der Waals surface area contributed by atoms with Crippen LogP contribution < -0.4 is 10.3 Å². The maximum atomic E-state index is 12.2. The number of likely N-dealkylation sites (N-methyl/N-ethyl adjacent to an activating group) is 1. The predicted octanol–water partition coefficient (Wildman–Crippen LogP) is 1.58. The zero-order valence-electron chi connectivity index (χ0n) is 12.3. The van der Waals surface area contributed by atoms with Crippen molar-refractivity contribution < 1.29 is 9.53 Å². The summed E-state index contributed by atoms with van der Waals surface area (Å²) < 4.78 is 6.66. The molecule has 0 atom stereocenters. The standard InChI is InChI=1S/C15H16ClN3O3/c1-18(9-10-22-12-5-3-11(16)4-6-12)15(21)13-7-8-14(20)19(2)17-13/h3-8H,9-10H2,1-2H3. The molecule has 1 heterocycles. The van der Waals surface area contributed by atoms with Crippen LogP contribution in [0.2, 0.25) is 5.02 Å². The number of benzene rings is 1. The highest BCUT2D eigenvalue weighted by Crippen LogP contribution is 2.15. The van der Waals surface area contributed by atoms with Crippen molar-refractivity contribution in [2.45, 2.75) is 0 Å². The SMILES string of the molecule is CN(CCOc1ccc(Cl)cc1)C(=O)c1ccc(=O)n(C)n1. The van der Waals surface area contributed by atoms with E-state index in [0.29, 0.717) is 23.9 Å². The van der Waals surface area contributed by atoms with Crippen LogP contribution in [-0.2, 0) is 7.05 Å². The van der Waals surface area contributed by atoms with Crippen LogP contribution in [0, 0.1) is 0 Å². The molecule has 0 fully saturated rings. The molecule has 0 spiro atoms. The van der Waals surface area contributed by atoms with Crippen molar-refractivity contribution in [3.05, 3.63) is 57.5 Å². The molecule has 0 radical (unpaired) electrons. The van der Waals surface area contributed by atoms with Crippen molar-refractivity contribution in [1.29, 1.82) is 0 Å². The fourth-order valence-electron chi connectivity index (χ4n) is 1.74. The first-order valence-corrected chi connectivity index (χ1v) is 7.03. The van der Waals surface area contributed by atoms with E-state index in [-0.39, 0.29) is 17.2 Å². The van der Waals surface area contributed by atoms with E-state index in [0.717, 1.165) is 4.68 Å². The van der Waals surface area contributed by atoms with Gasteiger partial charge >= 0.3 is 0 Å². The second-order valence-electron chi connectivity index (χ2n) is 4.71. The lowest BCUT2D eigenvalue weighted by atomic mass is 10.3. The lowest BCUT2D eigenvalue weighted by Crippen LogP contribution is -2.33. The van der Waals surface area contributed by atoms with E-state index in [1.807, 2.05) is 0 Å². The van der Waals surface area contributed by atoms with Crippen molar-refractivity contribution in [3.63, 3.8) is 0 Å². The lowest BCUT2D eigenvalue weighted by Gasteiger charge is -2.17. The second kappa shape index (κ2) is 7.09. The molecular formula is C15H16ClN3O3. The van der Waals surface area contributed by atoms with Gasteiger partial charge in [0.1, 0.15) is 18.1 Å². The van der Waals surface area contributed by atoms with E-state index in [9.17, 15) is 9.59 Å². The molecule has 2 aromatic rings. The van der Waals surface area contributed by atoms with Gasteiger partial charge in [-0.15, -0.1) is 0 Å². The van der Waals surface area contributed by atoms with Crippen LogP contribution in [0.25, 0.3) is 0 Å². The fraction of sp³-hybridized carbons (Fsp3) is 0.267. The molecule has 116 valence electrons. The Morgan fingerprint density at radius 2 is 1.95 bits per heavy atom. The number of aromatic nitrogens is 2. The number of amides is 1. The number of ether oxygens (including phenoxy) is 1. The number of rotatable bonds is 5. The molecule has 0 saturated carbocycles. The third-order valence-electron chi connectivity index (χ3n) is 3.04. The van der Waals surface area contributed by atoms with Crippen LogP contribution in [-0.4, -0.2) is 40.8 Å². The van der Waals surface area contributed by atoms with Crippen LogP contribution in [0.3, 0.4) is 0 Å². The van der Waals surface area contributed by atoms with Crippen molar-refractivity contribution >= 4 is 17.5 Å². The average Bonchev–Trinajstić information content (AvgIpc) is 2.51. The summed E-state index contributed by atoms with van der Waals surface area (Å²) >= 11 is 5.79. The molecule has 1 aromatic carbocycles. The highest BCUT2D eigenvalue weighted by Gasteiger charge is 2.14. The summed E-state index contributed by atoms with van der Waals surface area (Å²) in [7, 11) is 3.16. The van der Waals surface area contributed by atoms with Gasteiger partial charge in [-0.25, -0.2) is 4.68 Å². The van der Waals surface area contributed by atoms with Crippen molar-refractivity contribution in [2.24, 2.45) is 7.05 Å². The molecule has 7 heteroatoms. The van der Waals surface area contributed by atoms with Crippen molar-refractivity contribution in [3.8, 4) is 5.75 Å². The first-order valence-electron chi connectivity index (χ1n) is 6.65. The van der Waals surface area contributed by atoms with Gasteiger partial charge in [0.25, 0.3) is 11.5 Å². The third kappa shape index (κ3) is 4.08. The van der Waals surface area contributed by atoms with Gasteiger partial charge in [0.05, 0.1) is 6.54 Å². The Labute approximate surface area is 132 Å². The van der Waals surface area contributed by atoms with E-state index >= 15 is 0 Å². The molecule has 1 aromatic heterocycles. The number of carbonyl (C=O) groups is 1. The average molecular weight is 322 g/mol. The van der Waals surface area contributed by atoms with Crippen molar-refractivity contribution in [1.82, 2.24) is 14.7 Å². The summed E-state index contributed by atoms with van der Waals surface area (Å²) in [6, 6.07) is 9.73. The Balaban J connectivity index is 1.89. The molecule has 0 N–H and O–H groups in total. The predicted molar refractivity (Wildman–Crippen MR) is 83.4 cm³/mol. The van der Waals surface area contributed by atoms with E-state index in [1.165, 1.54) is 24.1 Å². The number of hydrogen-bond acceptors (Lipinski definition) is 4. The first kappa shape index (κ1) is 16.0. The number of hydrogen-bond donors (Lipinski definition) is 0. The number of aryl methyl sites for hydroxylation is 1. The monoisotopic (exact) mass is 321 g/mol. The topological polar surface area (TPSA) is 64.4 Å². The zero-order valence-corrected chi connectivity index (χ0v) is 13.1. The van der Waals surface area contributed by atoms with Crippen LogP contribution >= 0.6 is 11.6 Å². The lowest BCUT2D eigenvalue weighted by molar-refractivity contribution is 0.0765. The van der Waals surface area contributed by atoms with Crippen LogP contribution in [0.4, 0.5) is 0 Å². The number of carbonyl (C=O) groups excluding carboxylic acids is 1. The molecule has 22 heavy (non-hydrogen) atoms. The Morgan fingerprint density at radius 1 is 1.27 bits per heavy atom. The van der Waals surface area contributed by atoms with Crippen molar-refractivity contribution in [2.75, 3.05) is 20.2 Å². The molecule has 0 saturated heterocycles. The van der Waals surface area contributed by atoms with E-state index in [4.69, 9.17) is 16.3 Å². The van der Waals surface area contributed by atoms with Crippen LogP contribution in [0.15, 0.2) is 41.2 Å². The van der Waals surface area contributed by atoms with Gasteiger partial charge in [0.2, 0.25) is 0 Å². The van der Waals surface area contributed by atoms with E-state index in [1.54, 1.807) is 31.3 Å². The number of halogens is 1. The quantitative estimate of drug-likeness (QED) is 0.839. The van der Waals surface area contributed by atoms with Crippen LogP contribution in [0.5, 0.6) is 5.75 Å². The molecule has 2 rings (SSSR count). The Bertz CT molecular complexity index is 713. The van der Waals surface area contributed by atoms with Gasteiger partial charge < -0.3 is 9.64 Å². The molecule has 0 aliphatic heterocycles. The summed E-state index contributed by atoms with van der Waals surface area (Å²) in [6.45, 7) is 0.738. The molecule has 6 nitrogen and oxygen atoms in total. The first-order chi connectivity index (χ1) is 10.5. The van der Waals surface area contributed by atoms with Gasteiger partial charge in [-0.05, 0) is 30.3 Å².